The lowest BCUT2D eigenvalue weighted by atomic mass is 10.3. The summed E-state index contributed by atoms with van der Waals surface area (Å²) in [6, 6.07) is 0.772. The van der Waals surface area contributed by atoms with Crippen molar-refractivity contribution in [2.45, 2.75) is 31.4 Å². The highest BCUT2D eigenvalue weighted by atomic mass is 28.4. The molecule has 0 aromatic rings. The van der Waals surface area contributed by atoms with E-state index in [1.807, 2.05) is 0 Å². The van der Waals surface area contributed by atoms with E-state index in [1.165, 1.54) is 0 Å². The fourth-order valence-corrected chi connectivity index (χ4v) is 3.71. The first-order valence-electron chi connectivity index (χ1n) is 6.90. The Morgan fingerprint density at radius 3 is 2.47 bits per heavy atom. The molecule has 0 spiro atoms. The van der Waals surface area contributed by atoms with E-state index in [4.69, 9.17) is 28.5 Å². The molecule has 19 heavy (non-hydrogen) atoms. The summed E-state index contributed by atoms with van der Waals surface area (Å²) in [5.41, 5.74) is 5.45. The summed E-state index contributed by atoms with van der Waals surface area (Å²) in [6.45, 7) is 3.54. The van der Waals surface area contributed by atoms with Crippen molar-refractivity contribution in [1.82, 2.24) is 0 Å². The van der Waals surface area contributed by atoms with Gasteiger partial charge in [-0.05, 0) is 25.8 Å². The summed E-state index contributed by atoms with van der Waals surface area (Å²) >= 11 is 0. The van der Waals surface area contributed by atoms with Gasteiger partial charge in [-0.1, -0.05) is 0 Å². The van der Waals surface area contributed by atoms with Crippen molar-refractivity contribution in [1.29, 1.82) is 0 Å². The number of hydrogen-bond acceptors (Lipinski definition) is 6. The van der Waals surface area contributed by atoms with Gasteiger partial charge in [0.15, 0.2) is 0 Å². The highest BCUT2D eigenvalue weighted by Gasteiger charge is 2.38. The second kappa shape index (κ2) is 9.81. The average Bonchev–Trinajstić information content (AvgIpc) is 3.25. The molecule has 1 rings (SSSR count). The van der Waals surface area contributed by atoms with Gasteiger partial charge < -0.3 is 28.5 Å². The van der Waals surface area contributed by atoms with Gasteiger partial charge in [-0.2, -0.15) is 0 Å². The zero-order chi connectivity index (χ0) is 14.0. The smallest absolute Gasteiger partial charge is 0.379 e. The molecule has 1 aliphatic rings. The molecule has 2 N–H and O–H groups in total. The van der Waals surface area contributed by atoms with Gasteiger partial charge >= 0.3 is 8.80 Å². The van der Waals surface area contributed by atoms with E-state index >= 15 is 0 Å². The van der Waals surface area contributed by atoms with Crippen molar-refractivity contribution in [2.24, 2.45) is 5.73 Å². The van der Waals surface area contributed by atoms with Gasteiger partial charge in [0.05, 0.1) is 13.2 Å². The molecule has 0 aliphatic carbocycles. The molecular weight excluding hydrogens is 266 g/mol. The maximum absolute atomic E-state index is 5.83. The summed E-state index contributed by atoms with van der Waals surface area (Å²) in [5.74, 6) is 0. The molecule has 0 saturated carbocycles. The van der Waals surface area contributed by atoms with Crippen LogP contribution in [0.4, 0.5) is 0 Å². The van der Waals surface area contributed by atoms with Gasteiger partial charge in [0.1, 0.15) is 6.10 Å². The maximum atomic E-state index is 5.83. The van der Waals surface area contributed by atoms with Crippen LogP contribution in [-0.2, 0) is 22.8 Å². The molecule has 1 fully saturated rings. The molecule has 1 heterocycles. The predicted molar refractivity (Wildman–Crippen MR) is 74.0 cm³/mol. The Hall–Kier alpha value is -0.0231. The van der Waals surface area contributed by atoms with Crippen LogP contribution in [0.15, 0.2) is 0 Å². The number of ether oxygens (including phenoxy) is 2. The van der Waals surface area contributed by atoms with Crippen LogP contribution >= 0.6 is 0 Å². The number of hydrogen-bond donors (Lipinski definition) is 1. The first kappa shape index (κ1) is 17.0. The van der Waals surface area contributed by atoms with Gasteiger partial charge in [0, 0.05) is 33.5 Å². The van der Waals surface area contributed by atoms with Crippen LogP contribution in [0, 0.1) is 0 Å². The minimum absolute atomic E-state index is 0.319. The van der Waals surface area contributed by atoms with Crippen LogP contribution in [-0.4, -0.2) is 62.1 Å². The van der Waals surface area contributed by atoms with Crippen LogP contribution < -0.4 is 5.73 Å². The summed E-state index contributed by atoms with van der Waals surface area (Å²) in [6.07, 6.45) is 3.09. The minimum atomic E-state index is -2.51. The number of epoxide rings is 1. The zero-order valence-corrected chi connectivity index (χ0v) is 13.1. The molecule has 6 nitrogen and oxygen atoms in total. The Morgan fingerprint density at radius 1 is 1.16 bits per heavy atom. The first-order chi connectivity index (χ1) is 9.26. The Balaban J connectivity index is 2.12. The molecule has 0 amide bonds. The summed E-state index contributed by atoms with van der Waals surface area (Å²) in [5, 5.41) is 0. The SMILES string of the molecule is CO[Si](CCCOCC1CO1)(OC)OCCCCN. The molecule has 0 bridgehead atoms. The highest BCUT2D eigenvalue weighted by molar-refractivity contribution is 6.60. The Kier molecular flexibility index (Phi) is 8.80. The second-order valence-electron chi connectivity index (χ2n) is 4.57. The lowest BCUT2D eigenvalue weighted by Gasteiger charge is -2.26. The predicted octanol–water partition coefficient (Wildman–Crippen LogP) is 0.779. The number of nitrogens with two attached hydrogens (primary N) is 1. The molecule has 0 aromatic heterocycles. The van der Waals surface area contributed by atoms with Crippen molar-refractivity contribution in [3.63, 3.8) is 0 Å². The van der Waals surface area contributed by atoms with Crippen molar-refractivity contribution in [3.8, 4) is 0 Å². The monoisotopic (exact) mass is 293 g/mol. The molecule has 1 aliphatic heterocycles. The first-order valence-corrected chi connectivity index (χ1v) is 8.83. The van der Waals surface area contributed by atoms with Gasteiger partial charge in [0.2, 0.25) is 0 Å². The van der Waals surface area contributed by atoms with Gasteiger partial charge in [-0.3, -0.25) is 0 Å². The van der Waals surface area contributed by atoms with Crippen LogP contribution in [0.25, 0.3) is 0 Å². The molecule has 114 valence electrons. The molecule has 7 heteroatoms. The third-order valence-electron chi connectivity index (χ3n) is 3.02. The van der Waals surface area contributed by atoms with Crippen LogP contribution in [0.5, 0.6) is 0 Å². The molecule has 1 saturated heterocycles. The summed E-state index contributed by atoms with van der Waals surface area (Å²) in [7, 11) is 0.794. The fraction of sp³-hybridized carbons (Fsp3) is 1.00. The fourth-order valence-electron chi connectivity index (χ4n) is 1.72. The van der Waals surface area contributed by atoms with Crippen LogP contribution in [0.2, 0.25) is 6.04 Å². The number of rotatable bonds is 13. The third kappa shape index (κ3) is 7.36. The highest BCUT2D eigenvalue weighted by Crippen LogP contribution is 2.17. The molecule has 1 atom stereocenters. The van der Waals surface area contributed by atoms with Gasteiger partial charge in [-0.15, -0.1) is 0 Å². The minimum Gasteiger partial charge on any atom is -0.379 e. The Bertz CT molecular complexity index is 224. The van der Waals surface area contributed by atoms with E-state index in [0.717, 1.165) is 31.9 Å². The molecule has 0 aromatic carbocycles. The maximum Gasteiger partial charge on any atom is 0.500 e. The molecule has 0 radical (unpaired) electrons. The second-order valence-corrected chi connectivity index (χ2v) is 7.54. The van der Waals surface area contributed by atoms with Crippen LogP contribution in [0.3, 0.4) is 0 Å². The Labute approximate surface area is 116 Å². The molecular formula is C12H27NO5Si. The van der Waals surface area contributed by atoms with E-state index in [9.17, 15) is 0 Å². The lowest BCUT2D eigenvalue weighted by molar-refractivity contribution is 0.0853. The normalized spacial score (nSPS) is 18.8. The largest absolute Gasteiger partial charge is 0.500 e. The van der Waals surface area contributed by atoms with Crippen molar-refractivity contribution >= 4 is 8.80 Å². The average molecular weight is 293 g/mol. The third-order valence-corrected chi connectivity index (χ3v) is 5.87. The van der Waals surface area contributed by atoms with E-state index in [-0.39, 0.29) is 0 Å². The van der Waals surface area contributed by atoms with Crippen LogP contribution in [0.1, 0.15) is 19.3 Å². The van der Waals surface area contributed by atoms with Crippen molar-refractivity contribution in [2.75, 3.05) is 47.2 Å². The topological polar surface area (TPSA) is 75.5 Å². The summed E-state index contributed by atoms with van der Waals surface area (Å²) < 4.78 is 27.4. The standard InChI is InChI=1S/C12H27NO5Si/c1-14-19(15-2,18-8-4-3-6-13)9-5-7-16-10-12-11-17-12/h12H,3-11,13H2,1-2H3. The lowest BCUT2D eigenvalue weighted by Crippen LogP contribution is -2.44. The van der Waals surface area contributed by atoms with E-state index in [1.54, 1.807) is 14.2 Å². The van der Waals surface area contributed by atoms with Gasteiger partial charge in [-0.25, -0.2) is 0 Å². The van der Waals surface area contributed by atoms with E-state index in [2.05, 4.69) is 0 Å². The van der Waals surface area contributed by atoms with E-state index in [0.29, 0.717) is 32.5 Å². The van der Waals surface area contributed by atoms with E-state index < -0.39 is 8.80 Å². The number of unbranched alkanes of at least 4 members (excludes halogenated alkanes) is 1. The zero-order valence-electron chi connectivity index (χ0n) is 12.1. The molecule has 1 unspecified atom stereocenters. The van der Waals surface area contributed by atoms with Crippen molar-refractivity contribution < 1.29 is 22.8 Å². The van der Waals surface area contributed by atoms with Crippen molar-refractivity contribution in [3.05, 3.63) is 0 Å². The Morgan fingerprint density at radius 2 is 1.89 bits per heavy atom. The van der Waals surface area contributed by atoms with Gasteiger partial charge in [0.25, 0.3) is 0 Å². The quantitative estimate of drug-likeness (QED) is 0.307. The summed E-state index contributed by atoms with van der Waals surface area (Å²) in [4.78, 5) is 0.